The van der Waals surface area contributed by atoms with Crippen LogP contribution in [0.15, 0.2) is 24.3 Å². The van der Waals surface area contributed by atoms with Crippen molar-refractivity contribution >= 4 is 39.9 Å². The second-order valence-corrected chi connectivity index (χ2v) is 5.50. The minimum absolute atomic E-state index is 0.177. The highest BCUT2D eigenvalue weighted by Crippen LogP contribution is 2.30. The molecule has 114 valence electrons. The molecule has 2 aromatic rings. The molecule has 6 heteroatoms. The second-order valence-electron chi connectivity index (χ2n) is 4.71. The average molecular weight is 328 g/mol. The summed E-state index contributed by atoms with van der Waals surface area (Å²) >= 11 is 12.2. The SMILES string of the molecule is CCN(CCO)CCNc1ccc2ccc(Cl)c(Cl)c2n1. The summed E-state index contributed by atoms with van der Waals surface area (Å²) in [6.45, 7) is 5.45. The quantitative estimate of drug-likeness (QED) is 0.819. The predicted octanol–water partition coefficient (Wildman–Crippen LogP) is 3.27. The molecule has 0 atom stereocenters. The van der Waals surface area contributed by atoms with E-state index in [4.69, 9.17) is 28.3 Å². The highest BCUT2D eigenvalue weighted by Gasteiger charge is 2.06. The first-order valence-electron chi connectivity index (χ1n) is 6.97. The number of aliphatic hydroxyl groups excluding tert-OH is 1. The first-order valence-corrected chi connectivity index (χ1v) is 7.73. The molecule has 0 saturated heterocycles. The van der Waals surface area contributed by atoms with Gasteiger partial charge in [-0.25, -0.2) is 4.98 Å². The molecule has 0 spiro atoms. The molecule has 0 amide bonds. The molecule has 21 heavy (non-hydrogen) atoms. The lowest BCUT2D eigenvalue weighted by Crippen LogP contribution is -2.31. The summed E-state index contributed by atoms with van der Waals surface area (Å²) in [4.78, 5) is 6.67. The Balaban J connectivity index is 2.04. The maximum atomic E-state index is 8.96. The molecule has 0 unspecified atom stereocenters. The zero-order valence-corrected chi connectivity index (χ0v) is 13.5. The maximum absolute atomic E-state index is 8.96. The number of benzene rings is 1. The van der Waals surface area contributed by atoms with Gasteiger partial charge in [0.25, 0.3) is 0 Å². The molecule has 0 aliphatic heterocycles. The van der Waals surface area contributed by atoms with Crippen molar-refractivity contribution in [2.24, 2.45) is 0 Å². The summed E-state index contributed by atoms with van der Waals surface area (Å²) in [5.74, 6) is 0.770. The number of anilines is 1. The molecule has 0 fully saturated rings. The molecule has 1 aromatic heterocycles. The van der Waals surface area contributed by atoms with Crippen LogP contribution in [0, 0.1) is 0 Å². The van der Waals surface area contributed by atoms with Crippen LogP contribution in [0.1, 0.15) is 6.92 Å². The fraction of sp³-hybridized carbons (Fsp3) is 0.400. The number of halogens is 2. The molecule has 0 bridgehead atoms. The highest BCUT2D eigenvalue weighted by atomic mass is 35.5. The van der Waals surface area contributed by atoms with Gasteiger partial charge in [-0.05, 0) is 24.7 Å². The Morgan fingerprint density at radius 2 is 1.95 bits per heavy atom. The smallest absolute Gasteiger partial charge is 0.126 e. The number of aromatic nitrogens is 1. The van der Waals surface area contributed by atoms with Crippen LogP contribution < -0.4 is 5.32 Å². The lowest BCUT2D eigenvalue weighted by molar-refractivity contribution is 0.206. The maximum Gasteiger partial charge on any atom is 0.126 e. The number of nitrogens with zero attached hydrogens (tertiary/aromatic N) is 2. The summed E-state index contributed by atoms with van der Waals surface area (Å²) in [6, 6.07) is 7.57. The normalized spacial score (nSPS) is 11.3. The van der Waals surface area contributed by atoms with Crippen LogP contribution in [0.5, 0.6) is 0 Å². The van der Waals surface area contributed by atoms with Crippen LogP contribution in [0.25, 0.3) is 10.9 Å². The fourth-order valence-electron chi connectivity index (χ4n) is 2.14. The summed E-state index contributed by atoms with van der Waals surface area (Å²) in [7, 11) is 0. The largest absolute Gasteiger partial charge is 0.395 e. The zero-order chi connectivity index (χ0) is 15.2. The number of hydrogen-bond acceptors (Lipinski definition) is 4. The number of aliphatic hydroxyl groups is 1. The standard InChI is InChI=1S/C15H19Cl2N3O/c1-2-20(9-10-21)8-7-18-13-6-4-11-3-5-12(16)14(17)15(11)19-13/h3-6,21H,2,7-10H2,1H3,(H,18,19). The van der Waals surface area contributed by atoms with Gasteiger partial charge in [-0.1, -0.05) is 36.2 Å². The first kappa shape index (κ1) is 16.3. The molecule has 2 rings (SSSR count). The van der Waals surface area contributed by atoms with E-state index in [1.54, 1.807) is 6.07 Å². The van der Waals surface area contributed by atoms with Crippen LogP contribution >= 0.6 is 23.2 Å². The molecule has 0 radical (unpaired) electrons. The predicted molar refractivity (Wildman–Crippen MR) is 89.5 cm³/mol. The Morgan fingerprint density at radius 3 is 2.67 bits per heavy atom. The van der Waals surface area contributed by atoms with Crippen molar-refractivity contribution in [1.29, 1.82) is 0 Å². The highest BCUT2D eigenvalue weighted by molar-refractivity contribution is 6.45. The van der Waals surface area contributed by atoms with Crippen molar-refractivity contribution < 1.29 is 5.11 Å². The van der Waals surface area contributed by atoms with E-state index in [1.165, 1.54) is 0 Å². The monoisotopic (exact) mass is 327 g/mol. The number of pyridine rings is 1. The lowest BCUT2D eigenvalue weighted by atomic mass is 10.2. The molecule has 0 aliphatic rings. The molecular weight excluding hydrogens is 309 g/mol. The number of nitrogens with one attached hydrogen (secondary N) is 1. The van der Waals surface area contributed by atoms with Gasteiger partial charge in [-0.2, -0.15) is 0 Å². The van der Waals surface area contributed by atoms with Crippen LogP contribution in [0.2, 0.25) is 10.0 Å². The van der Waals surface area contributed by atoms with E-state index in [0.29, 0.717) is 22.1 Å². The first-order chi connectivity index (χ1) is 10.2. The van der Waals surface area contributed by atoms with Crippen molar-refractivity contribution in [3.05, 3.63) is 34.3 Å². The second kappa shape index (κ2) is 7.80. The third-order valence-corrected chi connectivity index (χ3v) is 4.15. The minimum Gasteiger partial charge on any atom is -0.395 e. The van der Waals surface area contributed by atoms with Gasteiger partial charge in [0.15, 0.2) is 0 Å². The van der Waals surface area contributed by atoms with Crippen molar-refractivity contribution in [3.8, 4) is 0 Å². The lowest BCUT2D eigenvalue weighted by Gasteiger charge is -2.19. The van der Waals surface area contributed by atoms with Gasteiger partial charge in [0, 0.05) is 25.0 Å². The molecule has 4 nitrogen and oxygen atoms in total. The molecule has 0 saturated carbocycles. The Kier molecular flexibility index (Phi) is 6.06. The van der Waals surface area contributed by atoms with Crippen molar-refractivity contribution in [1.82, 2.24) is 9.88 Å². The number of likely N-dealkylation sites (N-methyl/N-ethyl adjacent to an activating group) is 1. The third-order valence-electron chi connectivity index (χ3n) is 3.35. The summed E-state index contributed by atoms with van der Waals surface area (Å²) in [5.41, 5.74) is 0.705. The van der Waals surface area contributed by atoms with E-state index < -0.39 is 0 Å². The van der Waals surface area contributed by atoms with Gasteiger partial charge in [0.1, 0.15) is 5.82 Å². The van der Waals surface area contributed by atoms with E-state index >= 15 is 0 Å². The number of rotatable bonds is 7. The molecular formula is C15H19Cl2N3O. The van der Waals surface area contributed by atoms with Crippen molar-refractivity contribution in [2.75, 3.05) is 38.1 Å². The van der Waals surface area contributed by atoms with E-state index in [9.17, 15) is 0 Å². The van der Waals surface area contributed by atoms with Gasteiger partial charge in [-0.15, -0.1) is 0 Å². The topological polar surface area (TPSA) is 48.4 Å². The Morgan fingerprint density at radius 1 is 1.19 bits per heavy atom. The third kappa shape index (κ3) is 4.20. The Bertz CT molecular complexity index is 607. The van der Waals surface area contributed by atoms with Crippen LogP contribution in [-0.2, 0) is 0 Å². The molecule has 1 heterocycles. The summed E-state index contributed by atoms with van der Waals surface area (Å²) in [5, 5.41) is 14.2. The van der Waals surface area contributed by atoms with E-state index in [0.717, 1.165) is 30.8 Å². The van der Waals surface area contributed by atoms with Crippen molar-refractivity contribution in [3.63, 3.8) is 0 Å². The van der Waals surface area contributed by atoms with E-state index in [2.05, 4.69) is 22.1 Å². The number of fused-ring (bicyclic) bond motifs is 1. The zero-order valence-electron chi connectivity index (χ0n) is 11.9. The molecule has 0 aliphatic carbocycles. The minimum atomic E-state index is 0.177. The average Bonchev–Trinajstić information content (AvgIpc) is 2.50. The number of hydrogen-bond donors (Lipinski definition) is 2. The van der Waals surface area contributed by atoms with Gasteiger partial charge >= 0.3 is 0 Å². The Labute approximate surface area is 134 Å². The fourth-order valence-corrected chi connectivity index (χ4v) is 2.51. The Hall–Kier alpha value is -1.07. The molecule has 1 aromatic carbocycles. The van der Waals surface area contributed by atoms with Gasteiger partial charge < -0.3 is 10.4 Å². The van der Waals surface area contributed by atoms with E-state index in [-0.39, 0.29) is 6.61 Å². The van der Waals surface area contributed by atoms with E-state index in [1.807, 2.05) is 18.2 Å². The van der Waals surface area contributed by atoms with Gasteiger partial charge in [0.2, 0.25) is 0 Å². The van der Waals surface area contributed by atoms with Crippen molar-refractivity contribution in [2.45, 2.75) is 6.92 Å². The molecule has 2 N–H and O–H groups in total. The van der Waals surface area contributed by atoms with Crippen LogP contribution in [0.4, 0.5) is 5.82 Å². The summed E-state index contributed by atoms with van der Waals surface area (Å²) in [6.07, 6.45) is 0. The van der Waals surface area contributed by atoms with Crippen LogP contribution in [-0.4, -0.2) is 47.8 Å². The summed E-state index contributed by atoms with van der Waals surface area (Å²) < 4.78 is 0. The van der Waals surface area contributed by atoms with Gasteiger partial charge in [-0.3, -0.25) is 4.90 Å². The van der Waals surface area contributed by atoms with Crippen LogP contribution in [0.3, 0.4) is 0 Å². The van der Waals surface area contributed by atoms with Gasteiger partial charge in [0.05, 0.1) is 22.2 Å².